The van der Waals surface area contributed by atoms with E-state index in [0.29, 0.717) is 18.5 Å². The van der Waals surface area contributed by atoms with Gasteiger partial charge in [0.15, 0.2) is 5.96 Å². The Hall–Kier alpha value is -0.890. The van der Waals surface area contributed by atoms with Crippen LogP contribution < -0.4 is 10.6 Å². The smallest absolute Gasteiger partial charge is 0.191 e. The van der Waals surface area contributed by atoms with Gasteiger partial charge in [0.2, 0.25) is 0 Å². The number of nitrogens with one attached hydrogen (secondary N) is 2. The fourth-order valence-corrected chi connectivity index (χ4v) is 2.23. The highest BCUT2D eigenvalue weighted by atomic mass is 127. The van der Waals surface area contributed by atoms with Gasteiger partial charge in [-0.1, -0.05) is 19.9 Å². The second-order valence-electron chi connectivity index (χ2n) is 6.14. The molecule has 0 spiro atoms. The van der Waals surface area contributed by atoms with Crippen LogP contribution in [-0.2, 0) is 6.54 Å². The van der Waals surface area contributed by atoms with E-state index in [1.54, 1.807) is 6.20 Å². The molecule has 23 heavy (non-hydrogen) atoms. The van der Waals surface area contributed by atoms with E-state index < -0.39 is 0 Å². The second kappa shape index (κ2) is 12.5. The minimum Gasteiger partial charge on any atom is -0.357 e. The Bertz CT molecular complexity index is 434. The maximum Gasteiger partial charge on any atom is 0.191 e. The van der Waals surface area contributed by atoms with Crippen molar-refractivity contribution >= 4 is 29.9 Å². The van der Waals surface area contributed by atoms with Crippen LogP contribution in [0.15, 0.2) is 29.4 Å². The molecular formula is C17H32IN5. The predicted molar refractivity (Wildman–Crippen MR) is 109 cm³/mol. The minimum atomic E-state index is 0. The quantitative estimate of drug-likeness (QED) is 0.376. The monoisotopic (exact) mass is 433 g/mol. The van der Waals surface area contributed by atoms with Crippen molar-refractivity contribution in [3.05, 3.63) is 30.1 Å². The van der Waals surface area contributed by atoms with Crippen molar-refractivity contribution in [3.8, 4) is 0 Å². The van der Waals surface area contributed by atoms with Gasteiger partial charge in [0.25, 0.3) is 0 Å². The lowest BCUT2D eigenvalue weighted by Gasteiger charge is -2.27. The van der Waals surface area contributed by atoms with E-state index in [9.17, 15) is 0 Å². The molecule has 0 amide bonds. The van der Waals surface area contributed by atoms with Gasteiger partial charge in [0.05, 0.1) is 12.2 Å². The highest BCUT2D eigenvalue weighted by molar-refractivity contribution is 14.0. The number of likely N-dealkylation sites (N-methyl/N-ethyl adjacent to an activating group) is 1. The Morgan fingerprint density at radius 3 is 2.52 bits per heavy atom. The zero-order chi connectivity index (χ0) is 16.4. The first-order chi connectivity index (χ1) is 10.5. The van der Waals surface area contributed by atoms with Crippen LogP contribution in [0.2, 0.25) is 0 Å². The average Bonchev–Trinajstić information content (AvgIpc) is 2.49. The average molecular weight is 433 g/mol. The van der Waals surface area contributed by atoms with E-state index in [2.05, 4.69) is 60.4 Å². The summed E-state index contributed by atoms with van der Waals surface area (Å²) in [5.41, 5.74) is 0.978. The van der Waals surface area contributed by atoms with Gasteiger partial charge in [-0.25, -0.2) is 4.99 Å². The lowest BCUT2D eigenvalue weighted by atomic mass is 10.0. The normalized spacial score (nSPS) is 12.9. The van der Waals surface area contributed by atoms with Gasteiger partial charge in [0, 0.05) is 25.3 Å². The second-order valence-corrected chi connectivity index (χ2v) is 6.14. The van der Waals surface area contributed by atoms with E-state index in [1.165, 1.54) is 6.42 Å². The maximum atomic E-state index is 4.61. The number of hydrogen-bond donors (Lipinski definition) is 2. The van der Waals surface area contributed by atoms with E-state index in [1.807, 2.05) is 18.2 Å². The largest absolute Gasteiger partial charge is 0.357 e. The molecule has 1 rings (SSSR count). The Morgan fingerprint density at radius 1 is 1.26 bits per heavy atom. The van der Waals surface area contributed by atoms with Crippen molar-refractivity contribution in [2.75, 3.05) is 27.2 Å². The molecule has 5 nitrogen and oxygen atoms in total. The molecule has 0 aromatic carbocycles. The number of guanidine groups is 1. The Balaban J connectivity index is 0.00000484. The van der Waals surface area contributed by atoms with Crippen molar-refractivity contribution in [2.24, 2.45) is 10.9 Å². The first-order valence-electron chi connectivity index (χ1n) is 8.11. The lowest BCUT2D eigenvalue weighted by Crippen LogP contribution is -2.45. The van der Waals surface area contributed by atoms with Crippen LogP contribution >= 0.6 is 24.0 Å². The molecule has 0 saturated carbocycles. The summed E-state index contributed by atoms with van der Waals surface area (Å²) in [4.78, 5) is 11.2. The lowest BCUT2D eigenvalue weighted by molar-refractivity contribution is 0.254. The molecule has 0 aliphatic carbocycles. The third-order valence-electron chi connectivity index (χ3n) is 3.45. The highest BCUT2D eigenvalue weighted by Crippen LogP contribution is 2.08. The Kier molecular flexibility index (Phi) is 12.0. The molecule has 2 N–H and O–H groups in total. The summed E-state index contributed by atoms with van der Waals surface area (Å²) in [6.45, 7) is 8.93. The molecule has 0 radical (unpaired) electrons. The molecule has 1 aromatic heterocycles. The molecule has 0 bridgehead atoms. The molecular weight excluding hydrogens is 401 g/mol. The third-order valence-corrected chi connectivity index (χ3v) is 3.45. The minimum absolute atomic E-state index is 0. The summed E-state index contributed by atoms with van der Waals surface area (Å²) in [6, 6.07) is 6.40. The fraction of sp³-hybridized carbons (Fsp3) is 0.647. The van der Waals surface area contributed by atoms with Gasteiger partial charge in [-0.2, -0.15) is 0 Å². The van der Waals surface area contributed by atoms with Gasteiger partial charge >= 0.3 is 0 Å². The summed E-state index contributed by atoms with van der Waals surface area (Å²) in [5, 5.41) is 6.74. The fourth-order valence-electron chi connectivity index (χ4n) is 2.23. The molecule has 1 atom stereocenters. The number of pyridine rings is 1. The molecule has 1 aromatic rings. The highest BCUT2D eigenvalue weighted by Gasteiger charge is 2.13. The van der Waals surface area contributed by atoms with Crippen LogP contribution in [-0.4, -0.2) is 49.1 Å². The summed E-state index contributed by atoms with van der Waals surface area (Å²) in [6.07, 6.45) is 2.97. The van der Waals surface area contributed by atoms with Gasteiger partial charge < -0.3 is 15.5 Å². The van der Waals surface area contributed by atoms with Gasteiger partial charge in [0.1, 0.15) is 0 Å². The van der Waals surface area contributed by atoms with E-state index in [0.717, 1.165) is 24.7 Å². The summed E-state index contributed by atoms with van der Waals surface area (Å²) in [5.74, 6) is 1.53. The van der Waals surface area contributed by atoms with Crippen LogP contribution in [0.3, 0.4) is 0 Å². The number of hydrogen-bond acceptors (Lipinski definition) is 3. The van der Waals surface area contributed by atoms with E-state index in [4.69, 9.17) is 0 Å². The number of rotatable bonds is 8. The third kappa shape index (κ3) is 9.76. The van der Waals surface area contributed by atoms with Gasteiger partial charge in [-0.05, 0) is 45.5 Å². The van der Waals surface area contributed by atoms with Crippen LogP contribution in [0.4, 0.5) is 0 Å². The number of halogens is 1. The maximum absolute atomic E-state index is 4.61. The van der Waals surface area contributed by atoms with Crippen molar-refractivity contribution in [2.45, 2.75) is 39.8 Å². The number of aliphatic imine (C=N–C) groups is 1. The topological polar surface area (TPSA) is 52.6 Å². The molecule has 1 heterocycles. The zero-order valence-electron chi connectivity index (χ0n) is 15.0. The number of aromatic nitrogens is 1. The summed E-state index contributed by atoms with van der Waals surface area (Å²) in [7, 11) is 4.26. The van der Waals surface area contributed by atoms with Gasteiger partial charge in [-0.3, -0.25) is 4.98 Å². The van der Waals surface area contributed by atoms with Crippen molar-refractivity contribution in [1.29, 1.82) is 0 Å². The van der Waals surface area contributed by atoms with E-state index >= 15 is 0 Å². The zero-order valence-corrected chi connectivity index (χ0v) is 17.4. The van der Waals surface area contributed by atoms with Crippen LogP contribution in [0, 0.1) is 5.92 Å². The molecule has 0 fully saturated rings. The SMILES string of the molecule is CCNC(=NCc1ccccn1)NCC(CC(C)C)N(C)C.I. The first kappa shape index (κ1) is 22.1. The van der Waals surface area contributed by atoms with Crippen molar-refractivity contribution in [1.82, 2.24) is 20.5 Å². The molecule has 132 valence electrons. The van der Waals surface area contributed by atoms with Crippen molar-refractivity contribution < 1.29 is 0 Å². The molecule has 0 aliphatic heterocycles. The molecule has 1 unspecified atom stereocenters. The van der Waals surface area contributed by atoms with Gasteiger partial charge in [-0.15, -0.1) is 24.0 Å². The Morgan fingerprint density at radius 2 is 2.00 bits per heavy atom. The Labute approximate surface area is 158 Å². The first-order valence-corrected chi connectivity index (χ1v) is 8.11. The number of nitrogens with zero attached hydrogens (tertiary/aromatic N) is 3. The molecule has 0 aliphatic rings. The summed E-state index contributed by atoms with van der Waals surface area (Å²) >= 11 is 0. The predicted octanol–water partition coefficient (Wildman–Crippen LogP) is 2.73. The van der Waals surface area contributed by atoms with Crippen LogP contribution in [0.1, 0.15) is 32.9 Å². The molecule has 6 heteroatoms. The van der Waals surface area contributed by atoms with Crippen LogP contribution in [0.25, 0.3) is 0 Å². The standard InChI is InChI=1S/C17H31N5.HI/c1-6-18-17(20-12-15-9-7-8-10-19-15)21-13-16(22(4)5)11-14(2)3;/h7-10,14,16H,6,11-13H2,1-5H3,(H2,18,20,21);1H. The molecule has 0 saturated heterocycles. The summed E-state index contributed by atoms with van der Waals surface area (Å²) < 4.78 is 0. The van der Waals surface area contributed by atoms with E-state index in [-0.39, 0.29) is 24.0 Å². The van der Waals surface area contributed by atoms with Crippen molar-refractivity contribution in [3.63, 3.8) is 0 Å². The van der Waals surface area contributed by atoms with Crippen LogP contribution in [0.5, 0.6) is 0 Å².